The number of amides is 6. The van der Waals surface area contributed by atoms with Crippen LogP contribution in [0.1, 0.15) is 164 Å². The van der Waals surface area contributed by atoms with Gasteiger partial charge in [-0.15, -0.1) is 0 Å². The number of aliphatic imine (C=N–C) groups is 1. The van der Waals surface area contributed by atoms with E-state index in [4.69, 9.17) is 0 Å². The Bertz CT molecular complexity index is 3160. The van der Waals surface area contributed by atoms with Crippen LogP contribution in [-0.4, -0.2) is 136 Å². The number of aromatic nitrogens is 3. The second kappa shape index (κ2) is 30.9. The first-order chi connectivity index (χ1) is 40.4. The van der Waals surface area contributed by atoms with Crippen molar-refractivity contribution in [1.29, 1.82) is 0 Å². The van der Waals surface area contributed by atoms with E-state index >= 15 is 0 Å². The zero-order valence-corrected chi connectivity index (χ0v) is 51.1. The van der Waals surface area contributed by atoms with Crippen LogP contribution in [0.2, 0.25) is 0 Å². The number of allylic oxidation sites excluding steroid dienone is 1. The molecule has 6 amide bonds. The molecule has 5 heterocycles. The molecule has 5 aromatic rings. The van der Waals surface area contributed by atoms with E-state index in [1.54, 1.807) is 46.6 Å². The number of fused-ring (bicyclic) bond motifs is 2. The molecular formula is C66H92N12O6. The summed E-state index contributed by atoms with van der Waals surface area (Å²) < 4.78 is 3.99. The van der Waals surface area contributed by atoms with Crippen molar-refractivity contribution in [2.24, 2.45) is 16.8 Å². The van der Waals surface area contributed by atoms with Gasteiger partial charge in [-0.05, 0) is 115 Å². The summed E-state index contributed by atoms with van der Waals surface area (Å²) in [6.45, 7) is 19.9. The van der Waals surface area contributed by atoms with E-state index in [2.05, 4.69) is 54.5 Å². The number of likely N-dealkylation sites (N-methyl/N-ethyl adjacent to an activating group) is 2. The molecule has 18 nitrogen and oxygen atoms in total. The number of rotatable bonds is 30. The number of nitrogens with one attached hydrogen (secondary N) is 6. The highest BCUT2D eigenvalue weighted by atomic mass is 16.2. The number of carbonyl (C=O) groups is 6. The predicted octanol–water partition coefficient (Wildman–Crippen LogP) is 9.25. The van der Waals surface area contributed by atoms with E-state index in [0.29, 0.717) is 37.3 Å². The number of likely N-dealkylation sites (tertiary alicyclic amines) is 2. The van der Waals surface area contributed by atoms with E-state index in [1.807, 2.05) is 121 Å². The van der Waals surface area contributed by atoms with Crippen LogP contribution in [0.15, 0.2) is 103 Å². The molecule has 0 radical (unpaired) electrons. The molecule has 0 saturated carbocycles. The van der Waals surface area contributed by atoms with Gasteiger partial charge < -0.3 is 50.8 Å². The van der Waals surface area contributed by atoms with Gasteiger partial charge in [-0.25, -0.2) is 0 Å². The van der Waals surface area contributed by atoms with Crippen LogP contribution in [0.25, 0.3) is 33.2 Å². The van der Waals surface area contributed by atoms with Gasteiger partial charge >= 0.3 is 0 Å². The second-order valence-corrected chi connectivity index (χ2v) is 23.5. The summed E-state index contributed by atoms with van der Waals surface area (Å²) >= 11 is 0. The summed E-state index contributed by atoms with van der Waals surface area (Å²) in [4.78, 5) is 93.6. The molecule has 2 saturated heterocycles. The van der Waals surface area contributed by atoms with Crippen LogP contribution in [0.5, 0.6) is 0 Å². The average molecular weight is 1150 g/mol. The Morgan fingerprint density at radius 1 is 0.655 bits per heavy atom. The molecule has 452 valence electrons. The van der Waals surface area contributed by atoms with Gasteiger partial charge in [0.2, 0.25) is 23.6 Å². The highest BCUT2D eigenvalue weighted by Crippen LogP contribution is 2.35. The summed E-state index contributed by atoms with van der Waals surface area (Å²) in [5, 5.41) is 19.8. The van der Waals surface area contributed by atoms with Crippen molar-refractivity contribution in [3.63, 3.8) is 0 Å². The Kier molecular flexibility index (Phi) is 23.6. The molecule has 0 bridgehead atoms. The number of unbranched alkanes of at least 4 members (excludes halogenated alkanes) is 8. The highest BCUT2D eigenvalue weighted by molar-refractivity contribution is 6.08. The zero-order valence-electron chi connectivity index (χ0n) is 51.1. The van der Waals surface area contributed by atoms with Crippen molar-refractivity contribution in [2.45, 2.75) is 168 Å². The van der Waals surface area contributed by atoms with E-state index in [9.17, 15) is 28.8 Å². The van der Waals surface area contributed by atoms with Gasteiger partial charge in [-0.2, -0.15) is 0 Å². The minimum absolute atomic E-state index is 0.0865. The molecule has 84 heavy (non-hydrogen) atoms. The summed E-state index contributed by atoms with van der Waals surface area (Å²) in [5.41, 5.74) is 6.26. The third-order valence-corrected chi connectivity index (χ3v) is 16.7. The van der Waals surface area contributed by atoms with Crippen molar-refractivity contribution >= 4 is 69.2 Å². The van der Waals surface area contributed by atoms with Crippen molar-refractivity contribution < 1.29 is 28.8 Å². The summed E-state index contributed by atoms with van der Waals surface area (Å²) in [5.74, 6) is -1.02. The maximum absolute atomic E-state index is 14.0. The Balaban J connectivity index is 0.809. The molecule has 2 fully saturated rings. The topological polar surface area (TPSA) is 216 Å². The van der Waals surface area contributed by atoms with Gasteiger partial charge in [0.25, 0.3) is 11.8 Å². The smallest absolute Gasteiger partial charge is 0.253 e. The molecule has 0 spiro atoms. The molecular weight excluding hydrogens is 1060 g/mol. The fourth-order valence-electron chi connectivity index (χ4n) is 11.5. The molecule has 6 N–H and O–H groups in total. The fraction of sp³-hybridized carbons (Fsp3) is 0.515. The standard InChI is InChI=1S/C66H92N12O6/c1-43(2)59(73-61(79)47(7)67-9)65(83)75-34-24-30-55(75)45(5)37-69-38-46(6)77-41-53(51-26-18-20-28-57(51)77)63(81)71-32-22-16-14-12-11-13-15-17-23-33-72-64(82)54-42-78(58-29-21-19-27-52(54)58)50-36-49(39-70-40-50)56-31-25-35-76(56)66(84)60(44(3)4)74-62(80)48(8)68-10/h18-21,26-29,36-44,47-48,55-56,59-60,67-68H,5,11-17,22-25,30-35H2,1-4,6-10H3,(H,71,81)(H,72,82)(H,73,79)(H,74,80)/b46-38+,69-37?/t47-,48-,55-,56-,59-,60-/m0/s1. The number of benzene rings is 2. The molecule has 7 rings (SSSR count). The normalized spacial score (nSPS) is 17.1. The maximum Gasteiger partial charge on any atom is 0.253 e. The third kappa shape index (κ3) is 16.0. The lowest BCUT2D eigenvalue weighted by molar-refractivity contribution is -0.138. The maximum atomic E-state index is 14.0. The lowest BCUT2D eigenvalue weighted by atomic mass is 10.00. The van der Waals surface area contributed by atoms with Gasteiger partial charge in [0.05, 0.1) is 58.2 Å². The Morgan fingerprint density at radius 3 is 1.73 bits per heavy atom. The van der Waals surface area contributed by atoms with Crippen LogP contribution < -0.4 is 31.9 Å². The summed E-state index contributed by atoms with van der Waals surface area (Å²) in [6.07, 6.45) is 23.5. The molecule has 6 atom stereocenters. The SMILES string of the molecule is C=C(C=N/C=C(\C)n1cc(C(=O)NCCCCCCCCCCCNC(=O)c2cn(-c3cncc([C@@H]4CCCN4C(=O)[C@@H](NC(=O)[C@H](C)NC)C(C)C)c3)c3ccccc23)c2ccccc21)[C@@H]1CCCN1C(=O)[C@@H](NC(=O)[C@H](C)NC)C(C)C. The zero-order chi connectivity index (χ0) is 60.5. The Labute approximate surface area is 497 Å². The van der Waals surface area contributed by atoms with Gasteiger partial charge in [-0.1, -0.05) is 116 Å². The quantitative estimate of drug-likeness (QED) is 0.0191. The third-order valence-electron chi connectivity index (χ3n) is 16.7. The van der Waals surface area contributed by atoms with Gasteiger partial charge in [-0.3, -0.25) is 38.7 Å². The number of para-hydroxylation sites is 2. The van der Waals surface area contributed by atoms with E-state index in [-0.39, 0.29) is 59.4 Å². The van der Waals surface area contributed by atoms with Crippen LogP contribution in [-0.2, 0) is 19.2 Å². The first-order valence-electron chi connectivity index (χ1n) is 30.6. The van der Waals surface area contributed by atoms with E-state index in [0.717, 1.165) is 128 Å². The summed E-state index contributed by atoms with van der Waals surface area (Å²) in [6, 6.07) is 15.3. The van der Waals surface area contributed by atoms with Crippen molar-refractivity contribution in [1.82, 2.24) is 55.8 Å². The fourth-order valence-corrected chi connectivity index (χ4v) is 11.5. The second-order valence-electron chi connectivity index (χ2n) is 23.5. The van der Waals surface area contributed by atoms with Gasteiger partial charge in [0.15, 0.2) is 0 Å². The van der Waals surface area contributed by atoms with Crippen LogP contribution in [0.3, 0.4) is 0 Å². The molecule has 0 unspecified atom stereocenters. The molecule has 2 aromatic carbocycles. The number of nitrogens with zero attached hydrogens (tertiary/aromatic N) is 6. The lowest BCUT2D eigenvalue weighted by Gasteiger charge is -2.32. The average Bonchev–Trinajstić information content (AvgIpc) is 2.79. The molecule has 0 aliphatic carbocycles. The number of carbonyl (C=O) groups excluding carboxylic acids is 6. The first-order valence-corrected chi connectivity index (χ1v) is 30.6. The molecule has 2 aliphatic rings. The Morgan fingerprint density at radius 2 is 1.15 bits per heavy atom. The lowest BCUT2D eigenvalue weighted by Crippen LogP contribution is -2.55. The minimum atomic E-state index is -0.646. The monoisotopic (exact) mass is 1150 g/mol. The number of pyridine rings is 1. The van der Waals surface area contributed by atoms with Gasteiger partial charge in [0.1, 0.15) is 12.1 Å². The molecule has 3 aromatic heterocycles. The van der Waals surface area contributed by atoms with Crippen LogP contribution in [0.4, 0.5) is 0 Å². The van der Waals surface area contributed by atoms with E-state index in [1.165, 1.54) is 0 Å². The highest BCUT2D eigenvalue weighted by Gasteiger charge is 2.38. The minimum Gasteiger partial charge on any atom is -0.352 e. The largest absolute Gasteiger partial charge is 0.352 e. The molecule has 2 aliphatic heterocycles. The van der Waals surface area contributed by atoms with Crippen LogP contribution in [0, 0.1) is 11.8 Å². The number of hydrogen-bond acceptors (Lipinski definition) is 10. The van der Waals surface area contributed by atoms with Crippen LogP contribution >= 0.6 is 0 Å². The molecule has 18 heteroatoms. The van der Waals surface area contributed by atoms with Crippen molar-refractivity contribution in [2.75, 3.05) is 40.3 Å². The van der Waals surface area contributed by atoms with Crippen molar-refractivity contribution in [3.8, 4) is 5.69 Å². The predicted molar refractivity (Wildman–Crippen MR) is 336 cm³/mol. The van der Waals surface area contributed by atoms with E-state index < -0.39 is 24.2 Å². The number of hydrogen-bond donors (Lipinski definition) is 6. The first kappa shape index (κ1) is 64.1. The van der Waals surface area contributed by atoms with Crippen molar-refractivity contribution in [3.05, 3.63) is 114 Å². The van der Waals surface area contributed by atoms with Gasteiger partial charge in [0, 0.05) is 73.7 Å². The Hall–Kier alpha value is -7.44. The summed E-state index contributed by atoms with van der Waals surface area (Å²) in [7, 11) is 3.44.